The molecule has 1 unspecified atom stereocenters. The Bertz CT molecular complexity index is 1540. The first kappa shape index (κ1) is 23.6. The first-order valence-corrected chi connectivity index (χ1v) is 11.8. The van der Waals surface area contributed by atoms with Gasteiger partial charge in [0.05, 0.1) is 28.6 Å². The zero-order valence-corrected chi connectivity index (χ0v) is 20.5. The number of pyridine rings is 1. The largest absolute Gasteiger partial charge is 0.490 e. The summed E-state index contributed by atoms with van der Waals surface area (Å²) in [5.41, 5.74) is 1.89. The second-order valence-electron chi connectivity index (χ2n) is 8.32. The standard InChI is InChI=1S/C28H23ClN2O5/c1-4-12-35-21-10-7-17(14-22(21)34-5-2)25-24-26(32)19-13-16(3)6-9-20(19)36-27(24)28(33)31(25)23-11-8-18(29)15-30-23/h4,6-11,13-15,25H,1,5,12H2,2-3H3. The van der Waals surface area contributed by atoms with E-state index < -0.39 is 11.9 Å². The minimum Gasteiger partial charge on any atom is -0.490 e. The fraction of sp³-hybridized carbons (Fsp3) is 0.179. The molecular weight excluding hydrogens is 480 g/mol. The maximum atomic E-state index is 13.8. The molecule has 4 aromatic rings. The van der Waals surface area contributed by atoms with Crippen molar-refractivity contribution in [1.29, 1.82) is 0 Å². The van der Waals surface area contributed by atoms with E-state index in [-0.39, 0.29) is 16.8 Å². The Kier molecular flexibility index (Phi) is 6.24. The number of carbonyl (C=O) groups excluding carboxylic acids is 1. The number of aryl methyl sites for hydroxylation is 1. The highest BCUT2D eigenvalue weighted by Crippen LogP contribution is 2.43. The van der Waals surface area contributed by atoms with Crippen LogP contribution in [0.4, 0.5) is 5.82 Å². The van der Waals surface area contributed by atoms with Crippen molar-refractivity contribution in [2.24, 2.45) is 0 Å². The minimum absolute atomic E-state index is 0.0111. The summed E-state index contributed by atoms with van der Waals surface area (Å²) < 4.78 is 17.6. The van der Waals surface area contributed by atoms with Gasteiger partial charge in [-0.1, -0.05) is 42.0 Å². The number of rotatable bonds is 7. The predicted octanol–water partition coefficient (Wildman–Crippen LogP) is 5.86. The van der Waals surface area contributed by atoms with Crippen molar-refractivity contribution < 1.29 is 18.7 Å². The first-order valence-electron chi connectivity index (χ1n) is 11.5. The number of carbonyl (C=O) groups is 1. The van der Waals surface area contributed by atoms with Crippen LogP contribution in [0.15, 0.2) is 76.6 Å². The molecule has 1 amide bonds. The van der Waals surface area contributed by atoms with Crippen LogP contribution < -0.4 is 19.8 Å². The first-order chi connectivity index (χ1) is 17.4. The van der Waals surface area contributed by atoms with Gasteiger partial charge in [0.15, 0.2) is 16.9 Å². The van der Waals surface area contributed by atoms with Crippen LogP contribution in [0.2, 0.25) is 5.02 Å². The van der Waals surface area contributed by atoms with Crippen molar-refractivity contribution in [1.82, 2.24) is 4.98 Å². The van der Waals surface area contributed by atoms with Crippen molar-refractivity contribution in [2.75, 3.05) is 18.1 Å². The van der Waals surface area contributed by atoms with E-state index >= 15 is 0 Å². The van der Waals surface area contributed by atoms with Gasteiger partial charge in [-0.2, -0.15) is 0 Å². The Balaban J connectivity index is 1.75. The summed E-state index contributed by atoms with van der Waals surface area (Å²) in [5, 5.41) is 0.839. The number of benzene rings is 2. The molecule has 0 N–H and O–H groups in total. The van der Waals surface area contributed by atoms with E-state index in [0.29, 0.717) is 52.1 Å². The van der Waals surface area contributed by atoms with E-state index in [2.05, 4.69) is 11.6 Å². The topological polar surface area (TPSA) is 81.9 Å². The van der Waals surface area contributed by atoms with Crippen LogP contribution in [0.3, 0.4) is 0 Å². The van der Waals surface area contributed by atoms with E-state index in [4.69, 9.17) is 25.5 Å². The molecule has 1 aliphatic rings. The summed E-state index contributed by atoms with van der Waals surface area (Å²) in [4.78, 5) is 33.3. The number of hydrogen-bond acceptors (Lipinski definition) is 6. The van der Waals surface area contributed by atoms with E-state index in [9.17, 15) is 9.59 Å². The number of ether oxygens (including phenoxy) is 2. The van der Waals surface area contributed by atoms with Crippen LogP contribution in [-0.4, -0.2) is 24.1 Å². The SMILES string of the molecule is C=CCOc1ccc(C2c3c(oc4ccc(C)cc4c3=O)C(=O)N2c2ccc(Cl)cn2)cc1OCC. The van der Waals surface area contributed by atoms with Gasteiger partial charge in [0.25, 0.3) is 5.91 Å². The van der Waals surface area contributed by atoms with Crippen LogP contribution >= 0.6 is 11.6 Å². The lowest BCUT2D eigenvalue weighted by Gasteiger charge is -2.25. The molecule has 5 rings (SSSR count). The van der Waals surface area contributed by atoms with Gasteiger partial charge in [-0.3, -0.25) is 14.5 Å². The Morgan fingerprint density at radius 2 is 1.94 bits per heavy atom. The summed E-state index contributed by atoms with van der Waals surface area (Å²) in [6, 6.07) is 13.1. The molecule has 1 atom stereocenters. The van der Waals surface area contributed by atoms with Crippen LogP contribution in [0, 0.1) is 6.92 Å². The summed E-state index contributed by atoms with van der Waals surface area (Å²) in [7, 11) is 0. The molecule has 182 valence electrons. The van der Waals surface area contributed by atoms with Gasteiger partial charge in [0, 0.05) is 6.20 Å². The molecule has 0 bridgehead atoms. The summed E-state index contributed by atoms with van der Waals surface area (Å²) >= 11 is 6.05. The van der Waals surface area contributed by atoms with Crippen molar-refractivity contribution in [3.05, 3.63) is 105 Å². The number of anilines is 1. The molecule has 2 aromatic carbocycles. The quantitative estimate of drug-likeness (QED) is 0.294. The fourth-order valence-corrected chi connectivity index (χ4v) is 4.49. The van der Waals surface area contributed by atoms with Gasteiger partial charge in [0.1, 0.15) is 18.0 Å². The fourth-order valence-electron chi connectivity index (χ4n) is 4.38. The Morgan fingerprint density at radius 1 is 1.11 bits per heavy atom. The van der Waals surface area contributed by atoms with E-state index in [0.717, 1.165) is 5.56 Å². The molecular formula is C28H23ClN2O5. The maximum absolute atomic E-state index is 13.8. The zero-order valence-electron chi connectivity index (χ0n) is 19.8. The van der Waals surface area contributed by atoms with Gasteiger partial charge in [-0.15, -0.1) is 0 Å². The molecule has 1 aliphatic heterocycles. The summed E-state index contributed by atoms with van der Waals surface area (Å²) in [5.74, 6) is 0.882. The normalized spacial score (nSPS) is 14.7. The molecule has 2 aromatic heterocycles. The highest BCUT2D eigenvalue weighted by atomic mass is 35.5. The van der Waals surface area contributed by atoms with Crippen molar-refractivity contribution in [2.45, 2.75) is 19.9 Å². The Labute approximate surface area is 212 Å². The molecule has 0 fully saturated rings. The van der Waals surface area contributed by atoms with Crippen LogP contribution in [-0.2, 0) is 0 Å². The van der Waals surface area contributed by atoms with E-state index in [1.807, 2.05) is 19.9 Å². The third-order valence-corrected chi connectivity index (χ3v) is 6.15. The number of hydrogen-bond donors (Lipinski definition) is 0. The highest BCUT2D eigenvalue weighted by molar-refractivity contribution is 6.30. The smallest absolute Gasteiger partial charge is 0.296 e. The van der Waals surface area contributed by atoms with Crippen molar-refractivity contribution >= 4 is 34.3 Å². The predicted molar refractivity (Wildman–Crippen MR) is 138 cm³/mol. The average Bonchev–Trinajstić information content (AvgIpc) is 3.17. The molecule has 0 spiro atoms. The Hall–Kier alpha value is -4.10. The average molecular weight is 503 g/mol. The van der Waals surface area contributed by atoms with Crippen LogP contribution in [0.25, 0.3) is 11.0 Å². The van der Waals surface area contributed by atoms with Crippen molar-refractivity contribution in [3.63, 3.8) is 0 Å². The number of aromatic nitrogens is 1. The van der Waals surface area contributed by atoms with Crippen LogP contribution in [0.5, 0.6) is 11.5 Å². The van der Waals surface area contributed by atoms with Gasteiger partial charge < -0.3 is 13.9 Å². The molecule has 36 heavy (non-hydrogen) atoms. The lowest BCUT2D eigenvalue weighted by Crippen LogP contribution is -2.30. The Morgan fingerprint density at radius 3 is 2.67 bits per heavy atom. The van der Waals surface area contributed by atoms with E-state index in [1.54, 1.807) is 48.5 Å². The second kappa shape index (κ2) is 9.51. The number of nitrogens with zero attached hydrogens (tertiary/aromatic N) is 2. The molecule has 0 saturated heterocycles. The number of amides is 1. The van der Waals surface area contributed by atoms with Gasteiger partial charge >= 0.3 is 0 Å². The lowest BCUT2D eigenvalue weighted by molar-refractivity contribution is 0.0970. The molecule has 0 aliphatic carbocycles. The van der Waals surface area contributed by atoms with Crippen molar-refractivity contribution in [3.8, 4) is 11.5 Å². The minimum atomic E-state index is -0.796. The van der Waals surface area contributed by atoms with E-state index in [1.165, 1.54) is 11.1 Å². The summed E-state index contributed by atoms with van der Waals surface area (Å²) in [6.07, 6.45) is 3.10. The zero-order chi connectivity index (χ0) is 25.4. The lowest BCUT2D eigenvalue weighted by atomic mass is 9.97. The van der Waals surface area contributed by atoms with Gasteiger partial charge in [0.2, 0.25) is 5.76 Å². The molecule has 7 nitrogen and oxygen atoms in total. The molecule has 0 radical (unpaired) electrons. The van der Waals surface area contributed by atoms with Gasteiger partial charge in [-0.25, -0.2) is 4.98 Å². The van der Waals surface area contributed by atoms with Crippen LogP contribution in [0.1, 0.15) is 40.2 Å². The highest BCUT2D eigenvalue weighted by Gasteiger charge is 2.44. The monoisotopic (exact) mass is 502 g/mol. The maximum Gasteiger partial charge on any atom is 0.296 e. The molecule has 3 heterocycles. The molecule has 0 saturated carbocycles. The summed E-state index contributed by atoms with van der Waals surface area (Å²) in [6.45, 7) is 8.16. The second-order valence-corrected chi connectivity index (χ2v) is 8.76. The third-order valence-electron chi connectivity index (χ3n) is 5.92. The number of fused-ring (bicyclic) bond motifs is 2. The molecule has 8 heteroatoms. The third kappa shape index (κ3) is 4.01. The van der Waals surface area contributed by atoms with Gasteiger partial charge in [-0.05, 0) is 55.8 Å². The number of halogens is 1.